The molecule has 0 bridgehead atoms. The Balaban J connectivity index is 1.47. The maximum atomic E-state index is 13.7. The van der Waals surface area contributed by atoms with Crippen molar-refractivity contribution in [3.8, 4) is 0 Å². The molecule has 6 heteroatoms. The van der Waals surface area contributed by atoms with Crippen molar-refractivity contribution in [3.63, 3.8) is 0 Å². The Morgan fingerprint density at radius 2 is 1.81 bits per heavy atom. The number of hydrogen-bond donors (Lipinski definition) is 1. The van der Waals surface area contributed by atoms with Crippen molar-refractivity contribution < 1.29 is 14.0 Å². The Hall–Kier alpha value is -3.38. The van der Waals surface area contributed by atoms with Gasteiger partial charge in [-0.05, 0) is 65.8 Å². The molecule has 1 heterocycles. The minimum atomic E-state index is -0.320. The minimum Gasteiger partial charge on any atom is -0.349 e. The molecule has 1 N–H and O–H groups in total. The van der Waals surface area contributed by atoms with Crippen LogP contribution in [0, 0.1) is 17.7 Å². The summed E-state index contributed by atoms with van der Waals surface area (Å²) in [4.78, 5) is 30.2. The van der Waals surface area contributed by atoms with E-state index in [4.69, 9.17) is 0 Å². The number of rotatable bonds is 5. The average Bonchev–Trinajstić information content (AvgIpc) is 2.90. The summed E-state index contributed by atoms with van der Waals surface area (Å²) < 4.78 is 13.5. The van der Waals surface area contributed by atoms with Crippen LogP contribution in [0.5, 0.6) is 0 Å². The molecule has 1 fully saturated rings. The second-order valence-corrected chi connectivity index (χ2v) is 11.2. The summed E-state index contributed by atoms with van der Waals surface area (Å²) in [5.41, 5.74) is 2.99. The van der Waals surface area contributed by atoms with Crippen molar-refractivity contribution in [2.45, 2.75) is 50.6 Å². The standard InChI is InChI=1S/C31H31FN2O2S/c1-20-7-6-10-26(21(20)2)33-30(35)24-13-16-28-27(18-24)34(19-23-11-14-25(32)15-12-23)31(36)29(37-28)17-22-8-4-3-5-9-22/h3-5,8-9,11-18,20-21,26H,6-7,10,19H2,1-2H3,(H,33,35)/b29-17-. The second-order valence-electron chi connectivity index (χ2n) is 10.1. The topological polar surface area (TPSA) is 49.4 Å². The first-order chi connectivity index (χ1) is 17.9. The number of nitrogens with zero attached hydrogens (tertiary/aromatic N) is 1. The first-order valence-corrected chi connectivity index (χ1v) is 13.7. The molecule has 1 saturated carbocycles. The monoisotopic (exact) mass is 514 g/mol. The van der Waals surface area contributed by atoms with E-state index in [2.05, 4.69) is 19.2 Å². The minimum absolute atomic E-state index is 0.112. The quantitative estimate of drug-likeness (QED) is 0.371. The van der Waals surface area contributed by atoms with Gasteiger partial charge in [-0.3, -0.25) is 9.59 Å². The number of carbonyl (C=O) groups is 2. The van der Waals surface area contributed by atoms with Crippen molar-refractivity contribution in [3.05, 3.63) is 100 Å². The molecule has 0 radical (unpaired) electrons. The van der Waals surface area contributed by atoms with Crippen molar-refractivity contribution in [2.75, 3.05) is 4.90 Å². The summed E-state index contributed by atoms with van der Waals surface area (Å²) in [5.74, 6) is 0.432. The first-order valence-electron chi connectivity index (χ1n) is 12.8. The molecule has 3 aromatic carbocycles. The van der Waals surface area contributed by atoms with Crippen molar-refractivity contribution in [1.82, 2.24) is 5.32 Å². The van der Waals surface area contributed by atoms with Gasteiger partial charge >= 0.3 is 0 Å². The van der Waals surface area contributed by atoms with Crippen LogP contribution in [0.15, 0.2) is 82.6 Å². The van der Waals surface area contributed by atoms with E-state index in [0.717, 1.165) is 28.9 Å². The number of hydrogen-bond acceptors (Lipinski definition) is 3. The molecule has 190 valence electrons. The lowest BCUT2D eigenvalue weighted by molar-refractivity contribution is -0.114. The Labute approximate surface area is 222 Å². The lowest BCUT2D eigenvalue weighted by atomic mass is 9.78. The third-order valence-electron chi connectivity index (χ3n) is 7.56. The van der Waals surface area contributed by atoms with Crippen molar-refractivity contribution in [2.24, 2.45) is 11.8 Å². The van der Waals surface area contributed by atoms with Gasteiger partial charge < -0.3 is 10.2 Å². The van der Waals surface area contributed by atoms with Crippen LogP contribution < -0.4 is 10.2 Å². The molecule has 5 rings (SSSR count). The highest BCUT2D eigenvalue weighted by Crippen LogP contribution is 2.43. The van der Waals surface area contributed by atoms with Gasteiger partial charge in [0.15, 0.2) is 0 Å². The summed E-state index contributed by atoms with van der Waals surface area (Å²) in [5, 5.41) is 3.24. The van der Waals surface area contributed by atoms with Crippen LogP contribution in [0.25, 0.3) is 6.08 Å². The fraction of sp³-hybridized carbons (Fsp3) is 0.290. The van der Waals surface area contributed by atoms with Gasteiger partial charge in [-0.25, -0.2) is 4.39 Å². The molecule has 3 atom stereocenters. The summed E-state index contributed by atoms with van der Waals surface area (Å²) in [6.45, 7) is 4.74. The number of thioether (sulfide) groups is 1. The van der Waals surface area contributed by atoms with E-state index in [1.807, 2.05) is 54.6 Å². The van der Waals surface area contributed by atoms with Crippen LogP contribution in [0.2, 0.25) is 0 Å². The van der Waals surface area contributed by atoms with Crippen LogP contribution in [0.4, 0.5) is 10.1 Å². The SMILES string of the molecule is CC1CCCC(NC(=O)c2ccc3c(c2)N(Cc2ccc(F)cc2)C(=O)/C(=C/c2ccccc2)S3)C1C. The zero-order valence-electron chi connectivity index (χ0n) is 21.1. The molecule has 2 aliphatic rings. The zero-order valence-corrected chi connectivity index (χ0v) is 21.9. The first kappa shape index (κ1) is 25.3. The number of carbonyl (C=O) groups excluding carboxylic acids is 2. The van der Waals surface area contributed by atoms with E-state index in [0.29, 0.717) is 28.0 Å². The molecular formula is C31H31FN2O2S. The van der Waals surface area contributed by atoms with E-state index in [-0.39, 0.29) is 30.2 Å². The summed E-state index contributed by atoms with van der Waals surface area (Å²) >= 11 is 1.41. The van der Waals surface area contributed by atoms with Crippen molar-refractivity contribution in [1.29, 1.82) is 0 Å². The number of benzene rings is 3. The highest BCUT2D eigenvalue weighted by molar-refractivity contribution is 8.04. The lowest BCUT2D eigenvalue weighted by Crippen LogP contribution is -2.43. The van der Waals surface area contributed by atoms with Crippen LogP contribution in [-0.2, 0) is 11.3 Å². The fourth-order valence-electron chi connectivity index (χ4n) is 5.12. The van der Waals surface area contributed by atoms with Gasteiger partial charge in [0, 0.05) is 16.5 Å². The van der Waals surface area contributed by atoms with Gasteiger partial charge in [-0.1, -0.05) is 80.9 Å². The number of amides is 2. The number of anilines is 1. The Bertz CT molecular complexity index is 1320. The normalized spacial score (nSPS) is 22.6. The molecule has 3 aromatic rings. The second kappa shape index (κ2) is 10.9. The smallest absolute Gasteiger partial charge is 0.265 e. The highest BCUT2D eigenvalue weighted by atomic mass is 32.2. The summed E-state index contributed by atoms with van der Waals surface area (Å²) in [6.07, 6.45) is 5.19. The molecule has 3 unspecified atom stereocenters. The average molecular weight is 515 g/mol. The van der Waals surface area contributed by atoms with Gasteiger partial charge in [-0.2, -0.15) is 0 Å². The van der Waals surface area contributed by atoms with Gasteiger partial charge in [0.05, 0.1) is 17.1 Å². The molecule has 2 amide bonds. The number of halogens is 1. The van der Waals surface area contributed by atoms with E-state index < -0.39 is 0 Å². The van der Waals surface area contributed by atoms with E-state index in [1.165, 1.54) is 30.3 Å². The maximum absolute atomic E-state index is 13.7. The summed E-state index contributed by atoms with van der Waals surface area (Å²) in [7, 11) is 0. The van der Waals surface area contributed by atoms with Crippen LogP contribution in [-0.4, -0.2) is 17.9 Å². The molecular weight excluding hydrogens is 483 g/mol. The molecule has 0 spiro atoms. The van der Waals surface area contributed by atoms with E-state index in [1.54, 1.807) is 17.0 Å². The predicted molar refractivity (Wildman–Crippen MR) is 148 cm³/mol. The summed E-state index contributed by atoms with van der Waals surface area (Å²) in [6, 6.07) is 21.6. The maximum Gasteiger partial charge on any atom is 0.265 e. The molecule has 4 nitrogen and oxygen atoms in total. The van der Waals surface area contributed by atoms with Gasteiger partial charge in [0.2, 0.25) is 0 Å². The van der Waals surface area contributed by atoms with Gasteiger partial charge in [-0.15, -0.1) is 0 Å². The predicted octanol–water partition coefficient (Wildman–Crippen LogP) is 7.06. The van der Waals surface area contributed by atoms with Crippen molar-refractivity contribution >= 4 is 35.3 Å². The number of fused-ring (bicyclic) bond motifs is 1. The molecule has 1 aliphatic carbocycles. The third-order valence-corrected chi connectivity index (χ3v) is 8.64. The largest absolute Gasteiger partial charge is 0.349 e. The lowest BCUT2D eigenvalue weighted by Gasteiger charge is -2.35. The van der Waals surface area contributed by atoms with E-state index >= 15 is 0 Å². The van der Waals surface area contributed by atoms with E-state index in [9.17, 15) is 14.0 Å². The van der Waals surface area contributed by atoms with Gasteiger partial charge in [0.1, 0.15) is 5.82 Å². The van der Waals surface area contributed by atoms with Gasteiger partial charge in [0.25, 0.3) is 11.8 Å². The fourth-order valence-corrected chi connectivity index (χ4v) is 6.16. The molecule has 1 aliphatic heterocycles. The van der Waals surface area contributed by atoms with Crippen LogP contribution in [0.3, 0.4) is 0 Å². The Morgan fingerprint density at radius 3 is 2.57 bits per heavy atom. The Morgan fingerprint density at radius 1 is 1.05 bits per heavy atom. The van der Waals surface area contributed by atoms with Crippen LogP contribution >= 0.6 is 11.8 Å². The molecule has 0 aromatic heterocycles. The third kappa shape index (κ3) is 5.64. The Kier molecular flexibility index (Phi) is 7.47. The van der Waals surface area contributed by atoms with Crippen LogP contribution in [0.1, 0.15) is 54.6 Å². The number of nitrogens with one attached hydrogen (secondary N) is 1. The zero-order chi connectivity index (χ0) is 25.9. The highest BCUT2D eigenvalue weighted by Gasteiger charge is 2.32. The molecule has 0 saturated heterocycles. The molecule has 37 heavy (non-hydrogen) atoms.